The minimum absolute atomic E-state index is 0.0615. The van der Waals surface area contributed by atoms with Crippen LogP contribution in [0, 0.1) is 0 Å². The molecule has 102 valence electrons. The van der Waals surface area contributed by atoms with E-state index in [1.807, 2.05) is 0 Å². The maximum Gasteiger partial charge on any atom is 0.277 e. The van der Waals surface area contributed by atoms with Gasteiger partial charge in [0.1, 0.15) is 0 Å². The van der Waals surface area contributed by atoms with Gasteiger partial charge in [-0.25, -0.2) is 13.1 Å². The Kier molecular flexibility index (Phi) is 3.76. The second kappa shape index (κ2) is 5.33. The van der Waals surface area contributed by atoms with E-state index >= 15 is 0 Å². The molecule has 0 spiro atoms. The highest BCUT2D eigenvalue weighted by atomic mass is 32.2. The van der Waals surface area contributed by atoms with Crippen LogP contribution in [-0.2, 0) is 23.5 Å². The number of aryl methyl sites for hydroxylation is 1. The fourth-order valence-corrected chi connectivity index (χ4v) is 2.44. The number of nitrogens with one attached hydrogen (secondary N) is 1. The summed E-state index contributed by atoms with van der Waals surface area (Å²) in [5.74, 6) is -0.0615. The molecule has 0 bridgehead atoms. The van der Waals surface area contributed by atoms with Gasteiger partial charge in [-0.05, 0) is 35.9 Å². The second-order valence-corrected chi connectivity index (χ2v) is 5.57. The molecule has 1 aromatic carbocycles. The van der Waals surface area contributed by atoms with Crippen LogP contribution in [0.15, 0.2) is 29.2 Å². The molecule has 1 heterocycles. The summed E-state index contributed by atoms with van der Waals surface area (Å²) < 4.78 is 26.3. The molecule has 0 aliphatic heterocycles. The average Bonchev–Trinajstić information content (AvgIpc) is 2.75. The highest BCUT2D eigenvalue weighted by molar-refractivity contribution is 7.92. The van der Waals surface area contributed by atoms with Gasteiger partial charge in [0.25, 0.3) is 16.0 Å². The maximum absolute atomic E-state index is 12.0. The van der Waals surface area contributed by atoms with Crippen LogP contribution < -0.4 is 10.5 Å². The predicted molar refractivity (Wildman–Crippen MR) is 68.8 cm³/mol. The Labute approximate surface area is 110 Å². The zero-order chi connectivity index (χ0) is 13.9. The molecular weight excluding hydrogens is 268 g/mol. The molecule has 0 radical (unpaired) electrons. The molecule has 0 atom stereocenters. The molecule has 0 fully saturated rings. The molecule has 8 nitrogen and oxygen atoms in total. The fourth-order valence-electron chi connectivity index (χ4n) is 1.51. The van der Waals surface area contributed by atoms with E-state index in [9.17, 15) is 8.42 Å². The van der Waals surface area contributed by atoms with Crippen molar-refractivity contribution >= 4 is 16.0 Å². The van der Waals surface area contributed by atoms with Crippen LogP contribution >= 0.6 is 0 Å². The predicted octanol–water partition coefficient (Wildman–Crippen LogP) is -0.488. The summed E-state index contributed by atoms with van der Waals surface area (Å²) in [5.41, 5.74) is 6.42. The largest absolute Gasteiger partial charge is 0.330 e. The van der Waals surface area contributed by atoms with Crippen LogP contribution in [0.3, 0.4) is 0 Å². The number of benzene rings is 1. The second-order valence-electron chi connectivity index (χ2n) is 3.89. The summed E-state index contributed by atoms with van der Waals surface area (Å²) in [6.07, 6.45) is 0.708. The number of anilines is 1. The number of hydrogen-bond donors (Lipinski definition) is 2. The minimum atomic E-state index is -3.69. The number of rotatable bonds is 5. The molecule has 3 N–H and O–H groups in total. The average molecular weight is 282 g/mol. The highest BCUT2D eigenvalue weighted by Gasteiger charge is 2.16. The molecule has 2 aromatic rings. The van der Waals surface area contributed by atoms with E-state index in [1.54, 1.807) is 19.2 Å². The van der Waals surface area contributed by atoms with Gasteiger partial charge in [-0.2, -0.15) is 4.80 Å². The van der Waals surface area contributed by atoms with Crippen molar-refractivity contribution in [2.45, 2.75) is 11.3 Å². The van der Waals surface area contributed by atoms with E-state index < -0.39 is 10.0 Å². The smallest absolute Gasteiger partial charge is 0.277 e. The molecule has 0 amide bonds. The molecule has 19 heavy (non-hydrogen) atoms. The third-order valence-electron chi connectivity index (χ3n) is 2.40. The van der Waals surface area contributed by atoms with Crippen LogP contribution in [0.25, 0.3) is 0 Å². The standard InChI is InChI=1S/C10H14N6O2S/c1-16-13-10(12-15-16)14-19(17,18)9-4-2-8(3-5-9)6-7-11/h2-5H,6-7,11H2,1H3,(H,13,14). The van der Waals surface area contributed by atoms with Crippen LogP contribution in [0.4, 0.5) is 5.95 Å². The third kappa shape index (κ3) is 3.26. The van der Waals surface area contributed by atoms with Gasteiger partial charge in [-0.3, -0.25) is 0 Å². The third-order valence-corrected chi connectivity index (χ3v) is 3.74. The first-order valence-electron chi connectivity index (χ1n) is 5.57. The lowest BCUT2D eigenvalue weighted by Crippen LogP contribution is -2.14. The van der Waals surface area contributed by atoms with E-state index in [0.717, 1.165) is 5.56 Å². The summed E-state index contributed by atoms with van der Waals surface area (Å²) in [7, 11) is -2.14. The molecule has 1 aromatic heterocycles. The van der Waals surface area contributed by atoms with E-state index in [2.05, 4.69) is 20.1 Å². The number of nitrogens with two attached hydrogens (primary N) is 1. The van der Waals surface area contributed by atoms with Crippen molar-refractivity contribution in [3.05, 3.63) is 29.8 Å². The minimum Gasteiger partial charge on any atom is -0.330 e. The van der Waals surface area contributed by atoms with Crippen LogP contribution in [-0.4, -0.2) is 35.2 Å². The lowest BCUT2D eigenvalue weighted by molar-refractivity contribution is 0.600. The van der Waals surface area contributed by atoms with E-state index in [0.29, 0.717) is 13.0 Å². The molecule has 0 saturated heterocycles. The van der Waals surface area contributed by atoms with Crippen molar-refractivity contribution in [2.75, 3.05) is 11.3 Å². The summed E-state index contributed by atoms with van der Waals surface area (Å²) in [6, 6.07) is 6.49. The van der Waals surface area contributed by atoms with Crippen molar-refractivity contribution in [1.82, 2.24) is 20.2 Å². The van der Waals surface area contributed by atoms with Crippen molar-refractivity contribution in [3.63, 3.8) is 0 Å². The summed E-state index contributed by atoms with van der Waals surface area (Å²) >= 11 is 0. The Bertz CT molecular complexity index is 649. The van der Waals surface area contributed by atoms with Gasteiger partial charge in [0, 0.05) is 0 Å². The number of tetrazole rings is 1. The SMILES string of the molecule is Cn1nnc(NS(=O)(=O)c2ccc(CCN)cc2)n1. The fraction of sp³-hybridized carbons (Fsp3) is 0.300. The first kappa shape index (κ1) is 13.4. The normalized spacial score (nSPS) is 11.5. The maximum atomic E-state index is 12.0. The van der Waals surface area contributed by atoms with Crippen molar-refractivity contribution in [1.29, 1.82) is 0 Å². The summed E-state index contributed by atoms with van der Waals surface area (Å²) in [5, 5.41) is 10.9. The number of nitrogens with zero attached hydrogens (tertiary/aromatic N) is 4. The zero-order valence-electron chi connectivity index (χ0n) is 10.3. The quantitative estimate of drug-likeness (QED) is 0.764. The first-order chi connectivity index (χ1) is 9.01. The molecule has 0 aliphatic carbocycles. The van der Waals surface area contributed by atoms with Gasteiger partial charge in [-0.1, -0.05) is 17.2 Å². The number of hydrogen-bond acceptors (Lipinski definition) is 6. The molecule has 0 unspecified atom stereocenters. The first-order valence-corrected chi connectivity index (χ1v) is 7.05. The lowest BCUT2D eigenvalue weighted by atomic mass is 10.2. The molecule has 0 aliphatic rings. The van der Waals surface area contributed by atoms with Crippen molar-refractivity contribution < 1.29 is 8.42 Å². The van der Waals surface area contributed by atoms with Crippen LogP contribution in [0.1, 0.15) is 5.56 Å². The monoisotopic (exact) mass is 282 g/mol. The van der Waals surface area contributed by atoms with Gasteiger partial charge in [-0.15, -0.1) is 5.10 Å². The molecular formula is C10H14N6O2S. The topological polar surface area (TPSA) is 116 Å². The Morgan fingerprint density at radius 1 is 1.32 bits per heavy atom. The Hall–Kier alpha value is -2.00. The van der Waals surface area contributed by atoms with Gasteiger partial charge in [0.05, 0.1) is 11.9 Å². The Morgan fingerprint density at radius 3 is 2.53 bits per heavy atom. The number of aromatic nitrogens is 4. The molecule has 0 saturated carbocycles. The van der Waals surface area contributed by atoms with Crippen LogP contribution in [0.5, 0.6) is 0 Å². The molecule has 2 rings (SSSR count). The molecule has 9 heteroatoms. The zero-order valence-corrected chi connectivity index (χ0v) is 11.1. The lowest BCUT2D eigenvalue weighted by Gasteiger charge is -2.05. The van der Waals surface area contributed by atoms with Gasteiger partial charge < -0.3 is 5.73 Å². The van der Waals surface area contributed by atoms with Crippen molar-refractivity contribution in [3.8, 4) is 0 Å². The highest BCUT2D eigenvalue weighted by Crippen LogP contribution is 2.13. The van der Waals surface area contributed by atoms with E-state index in [-0.39, 0.29) is 10.8 Å². The van der Waals surface area contributed by atoms with Crippen molar-refractivity contribution in [2.24, 2.45) is 12.8 Å². The Morgan fingerprint density at radius 2 is 2.00 bits per heavy atom. The Balaban J connectivity index is 2.19. The summed E-state index contributed by atoms with van der Waals surface area (Å²) in [4.78, 5) is 1.31. The van der Waals surface area contributed by atoms with Gasteiger partial charge >= 0.3 is 0 Å². The van der Waals surface area contributed by atoms with Crippen LogP contribution in [0.2, 0.25) is 0 Å². The number of sulfonamides is 1. The van der Waals surface area contributed by atoms with E-state index in [4.69, 9.17) is 5.73 Å². The van der Waals surface area contributed by atoms with Gasteiger partial charge in [0.15, 0.2) is 0 Å². The van der Waals surface area contributed by atoms with E-state index in [1.165, 1.54) is 16.9 Å². The summed E-state index contributed by atoms with van der Waals surface area (Å²) in [6.45, 7) is 0.522. The van der Waals surface area contributed by atoms with Gasteiger partial charge in [0.2, 0.25) is 0 Å².